The van der Waals surface area contributed by atoms with Gasteiger partial charge in [0.05, 0.1) is 16.4 Å². The maximum absolute atomic E-state index is 11.9. The van der Waals surface area contributed by atoms with E-state index in [9.17, 15) is 9.59 Å². The lowest BCUT2D eigenvalue weighted by Gasteiger charge is -2.01. The minimum atomic E-state index is -1.43. The first-order valence-electron chi connectivity index (χ1n) is 5.79. The fourth-order valence-electron chi connectivity index (χ4n) is 2.03. The van der Waals surface area contributed by atoms with Crippen molar-refractivity contribution >= 4 is 32.5 Å². The highest BCUT2D eigenvalue weighted by molar-refractivity contribution is 7.24. The monoisotopic (exact) mass is 290 g/mol. The predicted molar refractivity (Wildman–Crippen MR) is 75.0 cm³/mol. The molecule has 3 rings (SSSR count). The molecule has 0 spiro atoms. The van der Waals surface area contributed by atoms with Gasteiger partial charge in [-0.1, -0.05) is 0 Å². The van der Waals surface area contributed by atoms with Crippen molar-refractivity contribution < 1.29 is 14.6 Å². The highest BCUT2D eigenvalue weighted by Gasteiger charge is 2.15. The third-order valence-corrected chi connectivity index (χ3v) is 4.24. The first-order chi connectivity index (χ1) is 9.47. The van der Waals surface area contributed by atoms with Gasteiger partial charge in [0.15, 0.2) is 5.75 Å². The van der Waals surface area contributed by atoms with Crippen LogP contribution < -0.4 is 10.4 Å². The molecule has 0 saturated heterocycles. The molecule has 2 aromatic heterocycles. The van der Waals surface area contributed by atoms with Crippen LogP contribution in [0.1, 0.15) is 11.1 Å². The molecule has 0 aliphatic carbocycles. The molecule has 3 aromatic rings. The molecule has 0 radical (unpaired) electrons. The van der Waals surface area contributed by atoms with E-state index in [0.29, 0.717) is 10.3 Å². The van der Waals surface area contributed by atoms with Gasteiger partial charge in [0.2, 0.25) is 0 Å². The average Bonchev–Trinajstić information content (AvgIpc) is 2.72. The van der Waals surface area contributed by atoms with Gasteiger partial charge in [0.25, 0.3) is 0 Å². The number of aryl methyl sites for hydroxylation is 2. The Morgan fingerprint density at radius 3 is 2.75 bits per heavy atom. The molecular weight excluding hydrogens is 280 g/mol. The number of nitrogens with zero attached hydrogens (tertiary/aromatic N) is 2. The van der Waals surface area contributed by atoms with Gasteiger partial charge >= 0.3 is 11.8 Å². The maximum atomic E-state index is 11.9. The van der Waals surface area contributed by atoms with Crippen molar-refractivity contribution in [2.24, 2.45) is 0 Å². The normalized spacial score (nSPS) is 11.1. The Bertz CT molecular complexity index is 910. The zero-order valence-corrected chi connectivity index (χ0v) is 11.5. The van der Waals surface area contributed by atoms with E-state index in [1.165, 1.54) is 15.7 Å². The third-order valence-electron chi connectivity index (χ3n) is 3.12. The topological polar surface area (TPSA) is 80.9 Å². The van der Waals surface area contributed by atoms with Crippen LogP contribution in [0.25, 0.3) is 15.0 Å². The van der Waals surface area contributed by atoms with Gasteiger partial charge in [0.1, 0.15) is 4.83 Å². The molecule has 0 atom stereocenters. The SMILES string of the molecule is Cc1cc2sc3c(OC(=O)O)cnc(=O)n3c2cc1C. The molecule has 102 valence electrons. The van der Waals surface area contributed by atoms with Gasteiger partial charge in [-0.2, -0.15) is 4.98 Å². The summed E-state index contributed by atoms with van der Waals surface area (Å²) in [6, 6.07) is 3.86. The molecule has 20 heavy (non-hydrogen) atoms. The van der Waals surface area contributed by atoms with E-state index in [-0.39, 0.29) is 5.75 Å². The first kappa shape index (κ1) is 12.6. The lowest BCUT2D eigenvalue weighted by atomic mass is 10.1. The summed E-state index contributed by atoms with van der Waals surface area (Å²) in [6.07, 6.45) is -0.293. The molecule has 1 N–H and O–H groups in total. The van der Waals surface area contributed by atoms with E-state index in [4.69, 9.17) is 5.11 Å². The Morgan fingerprint density at radius 1 is 1.35 bits per heavy atom. The molecule has 0 aliphatic rings. The number of aromatic nitrogens is 2. The Labute approximate surface area is 116 Å². The van der Waals surface area contributed by atoms with E-state index in [0.717, 1.165) is 22.0 Å². The van der Waals surface area contributed by atoms with E-state index in [1.807, 2.05) is 26.0 Å². The molecule has 7 heteroatoms. The van der Waals surface area contributed by atoms with Crippen molar-refractivity contribution in [2.75, 3.05) is 0 Å². The second-order valence-electron chi connectivity index (χ2n) is 4.42. The molecule has 0 aliphatic heterocycles. The third kappa shape index (κ3) is 1.83. The van der Waals surface area contributed by atoms with E-state index in [1.54, 1.807) is 0 Å². The van der Waals surface area contributed by atoms with Gasteiger partial charge in [0, 0.05) is 0 Å². The Hall–Kier alpha value is -2.41. The molecule has 0 bridgehead atoms. The quantitative estimate of drug-likeness (QED) is 0.697. The number of hydrogen-bond acceptors (Lipinski definition) is 5. The highest BCUT2D eigenvalue weighted by atomic mass is 32.1. The van der Waals surface area contributed by atoms with Crippen molar-refractivity contribution in [2.45, 2.75) is 13.8 Å². The van der Waals surface area contributed by atoms with Crippen molar-refractivity contribution in [3.8, 4) is 5.75 Å². The second kappa shape index (κ2) is 4.31. The summed E-state index contributed by atoms with van der Waals surface area (Å²) in [6.45, 7) is 3.93. The van der Waals surface area contributed by atoms with Crippen molar-refractivity contribution in [3.05, 3.63) is 39.9 Å². The lowest BCUT2D eigenvalue weighted by Crippen LogP contribution is -2.16. The summed E-state index contributed by atoms with van der Waals surface area (Å²) >= 11 is 1.30. The van der Waals surface area contributed by atoms with E-state index < -0.39 is 11.8 Å². The van der Waals surface area contributed by atoms with Gasteiger partial charge in [-0.15, -0.1) is 11.3 Å². The van der Waals surface area contributed by atoms with Gasteiger partial charge < -0.3 is 9.84 Å². The Kier molecular flexibility index (Phi) is 2.72. The van der Waals surface area contributed by atoms with Crippen LogP contribution in [-0.2, 0) is 0 Å². The Morgan fingerprint density at radius 2 is 2.05 bits per heavy atom. The summed E-state index contributed by atoms with van der Waals surface area (Å²) in [7, 11) is 0. The van der Waals surface area contributed by atoms with Crippen LogP contribution in [0, 0.1) is 13.8 Å². The fourth-order valence-corrected chi connectivity index (χ4v) is 3.19. The number of thiazole rings is 1. The molecule has 6 nitrogen and oxygen atoms in total. The molecule has 1 aromatic carbocycles. The first-order valence-corrected chi connectivity index (χ1v) is 6.61. The second-order valence-corrected chi connectivity index (χ2v) is 5.45. The van der Waals surface area contributed by atoms with Crippen LogP contribution >= 0.6 is 11.3 Å². The number of carbonyl (C=O) groups is 1. The van der Waals surface area contributed by atoms with Crippen molar-refractivity contribution in [3.63, 3.8) is 0 Å². The minimum Gasteiger partial charge on any atom is -0.449 e. The van der Waals surface area contributed by atoms with Crippen molar-refractivity contribution in [1.82, 2.24) is 9.38 Å². The van der Waals surface area contributed by atoms with Crippen LogP contribution in [-0.4, -0.2) is 20.6 Å². The highest BCUT2D eigenvalue weighted by Crippen LogP contribution is 2.32. The zero-order valence-electron chi connectivity index (χ0n) is 10.7. The van der Waals surface area contributed by atoms with Crippen LogP contribution in [0.15, 0.2) is 23.1 Å². The minimum absolute atomic E-state index is 0.0635. The number of fused-ring (bicyclic) bond motifs is 3. The molecule has 0 unspecified atom stereocenters. The zero-order chi connectivity index (χ0) is 14.4. The number of ether oxygens (including phenoxy) is 1. The summed E-state index contributed by atoms with van der Waals surface area (Å²) in [4.78, 5) is 26.7. The largest absolute Gasteiger partial charge is 0.511 e. The summed E-state index contributed by atoms with van der Waals surface area (Å²) < 4.78 is 6.94. The summed E-state index contributed by atoms with van der Waals surface area (Å²) in [5.41, 5.74) is 2.41. The number of benzene rings is 1. The summed E-state index contributed by atoms with van der Waals surface area (Å²) in [5.74, 6) is 0.0635. The lowest BCUT2D eigenvalue weighted by molar-refractivity contribution is 0.145. The maximum Gasteiger partial charge on any atom is 0.511 e. The summed E-state index contributed by atoms with van der Waals surface area (Å²) in [5, 5.41) is 8.73. The molecule has 0 saturated carbocycles. The van der Waals surface area contributed by atoms with Gasteiger partial charge in [-0.05, 0) is 37.1 Å². The smallest absolute Gasteiger partial charge is 0.449 e. The number of rotatable bonds is 1. The Balaban J connectivity index is 2.46. The molecular formula is C13H10N2O4S. The number of carboxylic acid groups (broad SMARTS) is 1. The average molecular weight is 290 g/mol. The molecule has 2 heterocycles. The van der Waals surface area contributed by atoms with Crippen LogP contribution in [0.2, 0.25) is 0 Å². The van der Waals surface area contributed by atoms with Crippen LogP contribution in [0.4, 0.5) is 4.79 Å². The van der Waals surface area contributed by atoms with Crippen LogP contribution in [0.3, 0.4) is 0 Å². The van der Waals surface area contributed by atoms with E-state index in [2.05, 4.69) is 9.72 Å². The van der Waals surface area contributed by atoms with Gasteiger partial charge in [-0.3, -0.25) is 0 Å². The number of hydrogen-bond donors (Lipinski definition) is 1. The van der Waals surface area contributed by atoms with Gasteiger partial charge in [-0.25, -0.2) is 14.0 Å². The van der Waals surface area contributed by atoms with E-state index >= 15 is 0 Å². The fraction of sp³-hybridized carbons (Fsp3) is 0.154. The van der Waals surface area contributed by atoms with Crippen molar-refractivity contribution in [1.29, 1.82) is 0 Å². The predicted octanol–water partition coefficient (Wildman–Crippen LogP) is 2.58. The standard InChI is InChI=1S/C13H10N2O4S/c1-6-3-8-10(4-7(6)2)20-11-9(19-13(17)18)5-14-12(16)15(8)11/h3-5H,1-2H3,(H,17,18). The molecule has 0 fully saturated rings. The van der Waals surface area contributed by atoms with Crippen LogP contribution in [0.5, 0.6) is 5.75 Å². The molecule has 0 amide bonds.